The lowest BCUT2D eigenvalue weighted by Gasteiger charge is -2.23. The highest BCUT2D eigenvalue weighted by Crippen LogP contribution is 2.19. The van der Waals surface area contributed by atoms with Crippen LogP contribution in [0.3, 0.4) is 0 Å². The molecule has 0 aliphatic heterocycles. The minimum atomic E-state index is 0.376. The quantitative estimate of drug-likeness (QED) is 0.813. The maximum absolute atomic E-state index is 3.76. The van der Waals surface area contributed by atoms with Gasteiger partial charge < -0.3 is 5.32 Å². The number of rotatable bonds is 7. The van der Waals surface area contributed by atoms with E-state index in [9.17, 15) is 0 Å². The maximum Gasteiger partial charge on any atom is 0.0363 e. The van der Waals surface area contributed by atoms with Gasteiger partial charge in [-0.25, -0.2) is 0 Å². The molecule has 0 aromatic heterocycles. The Labute approximate surface area is 126 Å². The van der Waals surface area contributed by atoms with Crippen molar-refractivity contribution in [2.75, 3.05) is 12.0 Å². The largest absolute Gasteiger partial charge is 0.306 e. The third-order valence-electron chi connectivity index (χ3n) is 3.39. The van der Waals surface area contributed by atoms with Crippen LogP contribution in [0.1, 0.15) is 24.1 Å². The molecule has 1 nitrogen and oxygen atoms in total. The van der Waals surface area contributed by atoms with Crippen molar-refractivity contribution in [3.63, 3.8) is 0 Å². The van der Waals surface area contributed by atoms with Gasteiger partial charge in [-0.3, -0.25) is 0 Å². The first-order chi connectivity index (χ1) is 9.79. The third kappa shape index (κ3) is 4.69. The summed E-state index contributed by atoms with van der Waals surface area (Å²) in [5, 5.41) is 3.76. The Balaban J connectivity index is 2.12. The summed E-state index contributed by atoms with van der Waals surface area (Å²) in [5.74, 6) is 1.14. The summed E-state index contributed by atoms with van der Waals surface area (Å²) in [6.07, 6.45) is 3.19. The molecular weight excluding hydrogens is 262 g/mol. The molecule has 0 radical (unpaired) electrons. The van der Waals surface area contributed by atoms with E-state index in [0.29, 0.717) is 12.1 Å². The molecule has 2 rings (SSSR count). The van der Waals surface area contributed by atoms with E-state index in [-0.39, 0.29) is 0 Å². The van der Waals surface area contributed by atoms with Crippen LogP contribution in [-0.2, 0) is 6.42 Å². The van der Waals surface area contributed by atoms with Crippen LogP contribution in [0.4, 0.5) is 0 Å². The smallest absolute Gasteiger partial charge is 0.0363 e. The SMILES string of the molecule is CSCC(C)NC(Cc1ccccc1)c1ccccc1. The lowest BCUT2D eigenvalue weighted by Crippen LogP contribution is -2.33. The van der Waals surface area contributed by atoms with Crippen LogP contribution in [-0.4, -0.2) is 18.1 Å². The van der Waals surface area contributed by atoms with Crippen molar-refractivity contribution in [2.45, 2.75) is 25.4 Å². The molecule has 0 saturated carbocycles. The Morgan fingerprint density at radius 2 is 1.55 bits per heavy atom. The summed E-state index contributed by atoms with van der Waals surface area (Å²) in [7, 11) is 0. The summed E-state index contributed by atoms with van der Waals surface area (Å²) in [4.78, 5) is 0. The Bertz CT molecular complexity index is 483. The Hall–Kier alpha value is -1.25. The molecule has 0 spiro atoms. The number of hydrogen-bond donors (Lipinski definition) is 1. The van der Waals surface area contributed by atoms with Gasteiger partial charge in [0.05, 0.1) is 0 Å². The van der Waals surface area contributed by atoms with Crippen LogP contribution in [0.2, 0.25) is 0 Å². The summed E-state index contributed by atoms with van der Waals surface area (Å²) >= 11 is 1.89. The second kappa shape index (κ2) is 8.13. The van der Waals surface area contributed by atoms with Gasteiger partial charge in [0.2, 0.25) is 0 Å². The minimum Gasteiger partial charge on any atom is -0.306 e. The van der Waals surface area contributed by atoms with Crippen molar-refractivity contribution in [3.8, 4) is 0 Å². The van der Waals surface area contributed by atoms with E-state index in [1.165, 1.54) is 11.1 Å². The third-order valence-corrected chi connectivity index (χ3v) is 4.22. The van der Waals surface area contributed by atoms with Crippen molar-refractivity contribution in [1.82, 2.24) is 5.32 Å². The van der Waals surface area contributed by atoms with Crippen LogP contribution in [0.15, 0.2) is 60.7 Å². The molecular formula is C18H23NS. The number of thioether (sulfide) groups is 1. The van der Waals surface area contributed by atoms with Crippen molar-refractivity contribution < 1.29 is 0 Å². The zero-order valence-electron chi connectivity index (χ0n) is 12.3. The number of benzene rings is 2. The van der Waals surface area contributed by atoms with Crippen molar-refractivity contribution >= 4 is 11.8 Å². The fourth-order valence-corrected chi connectivity index (χ4v) is 3.05. The van der Waals surface area contributed by atoms with Crippen molar-refractivity contribution in [2.24, 2.45) is 0 Å². The second-order valence-electron chi connectivity index (χ2n) is 5.18. The molecule has 0 aliphatic carbocycles. The standard InChI is InChI=1S/C18H23NS/c1-15(14-20-2)19-18(17-11-7-4-8-12-17)13-16-9-5-3-6-10-16/h3-12,15,18-19H,13-14H2,1-2H3. The summed E-state index contributed by atoms with van der Waals surface area (Å²) in [6.45, 7) is 2.26. The fourth-order valence-electron chi connectivity index (χ4n) is 2.45. The molecule has 20 heavy (non-hydrogen) atoms. The minimum absolute atomic E-state index is 0.376. The van der Waals surface area contributed by atoms with Crippen molar-refractivity contribution in [1.29, 1.82) is 0 Å². The van der Waals surface area contributed by atoms with Gasteiger partial charge in [-0.1, -0.05) is 60.7 Å². The molecule has 0 amide bonds. The van der Waals surface area contributed by atoms with Gasteiger partial charge in [0.25, 0.3) is 0 Å². The highest BCUT2D eigenvalue weighted by Gasteiger charge is 2.14. The van der Waals surface area contributed by atoms with E-state index in [0.717, 1.165) is 12.2 Å². The predicted octanol–water partition coefficient (Wildman–Crippen LogP) is 4.31. The second-order valence-corrected chi connectivity index (χ2v) is 6.09. The monoisotopic (exact) mass is 285 g/mol. The molecule has 2 atom stereocenters. The van der Waals surface area contributed by atoms with Gasteiger partial charge in [-0.2, -0.15) is 11.8 Å². The Morgan fingerprint density at radius 1 is 0.950 bits per heavy atom. The molecule has 2 aromatic carbocycles. The molecule has 0 bridgehead atoms. The molecule has 106 valence electrons. The van der Waals surface area contributed by atoms with Crippen LogP contribution in [0.25, 0.3) is 0 Å². The zero-order valence-corrected chi connectivity index (χ0v) is 13.1. The van der Waals surface area contributed by atoms with Gasteiger partial charge in [0.1, 0.15) is 0 Å². The number of hydrogen-bond acceptors (Lipinski definition) is 2. The molecule has 0 aliphatic rings. The topological polar surface area (TPSA) is 12.0 Å². The van der Waals surface area contributed by atoms with Gasteiger partial charge in [-0.05, 0) is 30.7 Å². The average Bonchev–Trinajstić information content (AvgIpc) is 2.49. The van der Waals surface area contributed by atoms with Gasteiger partial charge >= 0.3 is 0 Å². The summed E-state index contributed by atoms with van der Waals surface area (Å²) < 4.78 is 0. The van der Waals surface area contributed by atoms with Gasteiger partial charge in [0.15, 0.2) is 0 Å². The maximum atomic E-state index is 3.76. The Kier molecular flexibility index (Phi) is 6.16. The highest BCUT2D eigenvalue weighted by molar-refractivity contribution is 7.98. The van der Waals surface area contributed by atoms with E-state index in [1.54, 1.807) is 0 Å². The summed E-state index contributed by atoms with van der Waals surface area (Å²) in [6, 6.07) is 22.3. The average molecular weight is 285 g/mol. The normalized spacial score (nSPS) is 13.9. The van der Waals surface area contributed by atoms with Gasteiger partial charge in [-0.15, -0.1) is 0 Å². The van der Waals surface area contributed by atoms with E-state index < -0.39 is 0 Å². The van der Waals surface area contributed by atoms with E-state index in [4.69, 9.17) is 0 Å². The zero-order chi connectivity index (χ0) is 14.2. The van der Waals surface area contributed by atoms with Crippen LogP contribution in [0.5, 0.6) is 0 Å². The predicted molar refractivity (Wildman–Crippen MR) is 90.3 cm³/mol. The van der Waals surface area contributed by atoms with E-state index >= 15 is 0 Å². The Morgan fingerprint density at radius 3 is 2.15 bits per heavy atom. The first-order valence-corrected chi connectivity index (χ1v) is 8.53. The van der Waals surface area contributed by atoms with Crippen molar-refractivity contribution in [3.05, 3.63) is 71.8 Å². The molecule has 2 heteroatoms. The van der Waals surface area contributed by atoms with Crippen LogP contribution >= 0.6 is 11.8 Å². The van der Waals surface area contributed by atoms with E-state index in [2.05, 4.69) is 79.2 Å². The van der Waals surface area contributed by atoms with E-state index in [1.807, 2.05) is 11.8 Å². The van der Waals surface area contributed by atoms with Crippen LogP contribution < -0.4 is 5.32 Å². The van der Waals surface area contributed by atoms with Crippen LogP contribution in [0, 0.1) is 0 Å². The number of nitrogens with one attached hydrogen (secondary N) is 1. The lowest BCUT2D eigenvalue weighted by atomic mass is 9.98. The molecule has 2 unspecified atom stereocenters. The highest BCUT2D eigenvalue weighted by atomic mass is 32.2. The summed E-state index contributed by atoms with van der Waals surface area (Å²) in [5.41, 5.74) is 2.74. The molecule has 0 heterocycles. The first-order valence-electron chi connectivity index (χ1n) is 7.13. The molecule has 0 saturated heterocycles. The molecule has 2 aromatic rings. The molecule has 1 N–H and O–H groups in total. The van der Waals surface area contributed by atoms with Gasteiger partial charge in [0, 0.05) is 17.8 Å². The molecule has 0 fully saturated rings. The fraction of sp³-hybridized carbons (Fsp3) is 0.333. The first kappa shape index (κ1) is 15.1. The lowest BCUT2D eigenvalue weighted by molar-refractivity contribution is 0.479.